The summed E-state index contributed by atoms with van der Waals surface area (Å²) in [5.41, 5.74) is 3.03. The fourth-order valence-corrected chi connectivity index (χ4v) is 4.81. The normalized spacial score (nSPS) is 17.0. The molecule has 180 valence electrons. The molecule has 3 N–H and O–H groups in total. The average molecular weight is 465 g/mol. The summed E-state index contributed by atoms with van der Waals surface area (Å²) in [6.07, 6.45) is 0.967. The molecule has 0 heterocycles. The number of carbonyl (C=O) groups is 3. The predicted molar refractivity (Wildman–Crippen MR) is 128 cm³/mol. The van der Waals surface area contributed by atoms with E-state index in [0.29, 0.717) is 12.8 Å². The molecule has 2 aliphatic rings. The minimum Gasteiger partial charge on any atom is -0.481 e. The van der Waals surface area contributed by atoms with E-state index in [1.807, 2.05) is 45.0 Å². The van der Waals surface area contributed by atoms with Crippen LogP contribution < -0.4 is 10.6 Å². The van der Waals surface area contributed by atoms with E-state index >= 15 is 0 Å². The number of carbonyl (C=O) groups excluding carboxylic acids is 2. The Balaban J connectivity index is 1.42. The second kappa shape index (κ2) is 9.12. The monoisotopic (exact) mass is 464 g/mol. The van der Waals surface area contributed by atoms with Crippen molar-refractivity contribution < 1.29 is 24.2 Å². The third kappa shape index (κ3) is 4.65. The van der Waals surface area contributed by atoms with Gasteiger partial charge in [-0.2, -0.15) is 0 Å². The molecule has 7 heteroatoms. The first-order chi connectivity index (χ1) is 16.1. The van der Waals surface area contributed by atoms with E-state index in [2.05, 4.69) is 34.9 Å². The third-order valence-corrected chi connectivity index (χ3v) is 7.06. The van der Waals surface area contributed by atoms with Gasteiger partial charge in [0, 0.05) is 12.0 Å². The number of ether oxygens (including phenoxy) is 1. The first kappa shape index (κ1) is 23.8. The lowest BCUT2D eigenvalue weighted by molar-refractivity contribution is -0.139. The molecule has 1 unspecified atom stereocenters. The number of fused-ring (bicyclic) bond motifs is 3. The van der Waals surface area contributed by atoms with Crippen LogP contribution in [0, 0.1) is 5.41 Å². The largest absolute Gasteiger partial charge is 0.481 e. The summed E-state index contributed by atoms with van der Waals surface area (Å²) in [7, 11) is 0. The fourth-order valence-electron chi connectivity index (χ4n) is 4.81. The molecule has 2 amide bonds. The van der Waals surface area contributed by atoms with Gasteiger partial charge in [-0.15, -0.1) is 0 Å². The van der Waals surface area contributed by atoms with Crippen LogP contribution in [0.15, 0.2) is 48.5 Å². The zero-order chi connectivity index (χ0) is 24.5. The Morgan fingerprint density at radius 3 is 2.06 bits per heavy atom. The number of nitrogens with one attached hydrogen (secondary N) is 2. The van der Waals surface area contributed by atoms with Crippen molar-refractivity contribution in [3.8, 4) is 11.1 Å². The number of aliphatic carboxylic acids is 1. The molecule has 1 saturated carbocycles. The van der Waals surface area contributed by atoms with E-state index < -0.39 is 29.1 Å². The molecule has 1 atom stereocenters. The predicted octanol–water partition coefficient (Wildman–Crippen LogP) is 4.45. The molecule has 4 rings (SSSR count). The Hall–Kier alpha value is -3.35. The summed E-state index contributed by atoms with van der Waals surface area (Å²) < 4.78 is 5.63. The lowest BCUT2D eigenvalue weighted by atomic mass is 9.75. The molecular formula is C27H32N2O5. The molecule has 2 aromatic rings. The maximum atomic E-state index is 13.1. The molecule has 34 heavy (non-hydrogen) atoms. The number of carboxylic acid groups (broad SMARTS) is 1. The number of hydrogen-bond donors (Lipinski definition) is 3. The molecule has 0 spiro atoms. The topological polar surface area (TPSA) is 105 Å². The standard InChI is InChI=1S/C27H32N2O5/c1-26(2,3)22(15-23(30)31)28-24(32)27(13-8-14-27)29-25(33)34-16-21-19-11-6-4-9-17(19)18-10-5-7-12-20(18)21/h4-7,9-12,21-22H,8,13-16H2,1-3H3,(H,28,32)(H,29,33)(H,30,31). The number of benzene rings is 2. The summed E-state index contributed by atoms with van der Waals surface area (Å²) in [6.45, 7) is 5.81. The molecule has 0 bridgehead atoms. The van der Waals surface area contributed by atoms with Crippen LogP contribution in [-0.4, -0.2) is 41.3 Å². The summed E-state index contributed by atoms with van der Waals surface area (Å²) in [5.74, 6) is -1.40. The van der Waals surface area contributed by atoms with Gasteiger partial charge in [0.1, 0.15) is 12.1 Å². The summed E-state index contributed by atoms with van der Waals surface area (Å²) in [4.78, 5) is 37.2. The number of rotatable bonds is 7. The maximum Gasteiger partial charge on any atom is 0.408 e. The zero-order valence-corrected chi connectivity index (χ0v) is 19.9. The van der Waals surface area contributed by atoms with Gasteiger partial charge in [-0.05, 0) is 46.9 Å². The lowest BCUT2D eigenvalue weighted by Crippen LogP contribution is -2.65. The highest BCUT2D eigenvalue weighted by Gasteiger charge is 2.47. The highest BCUT2D eigenvalue weighted by Crippen LogP contribution is 2.44. The fraction of sp³-hybridized carbons (Fsp3) is 0.444. The van der Waals surface area contributed by atoms with Crippen LogP contribution in [0.5, 0.6) is 0 Å². The molecule has 2 aliphatic carbocycles. The highest BCUT2D eigenvalue weighted by atomic mass is 16.5. The Labute approximate surface area is 199 Å². The van der Waals surface area contributed by atoms with Crippen molar-refractivity contribution in [1.82, 2.24) is 10.6 Å². The van der Waals surface area contributed by atoms with E-state index in [0.717, 1.165) is 28.7 Å². The first-order valence-corrected chi connectivity index (χ1v) is 11.8. The minimum absolute atomic E-state index is 0.0647. The van der Waals surface area contributed by atoms with Crippen LogP contribution in [0.1, 0.15) is 63.5 Å². The summed E-state index contributed by atoms with van der Waals surface area (Å²) >= 11 is 0. The zero-order valence-electron chi connectivity index (χ0n) is 19.9. The molecule has 0 aliphatic heterocycles. The molecule has 0 radical (unpaired) electrons. The van der Waals surface area contributed by atoms with E-state index in [1.54, 1.807) is 0 Å². The quantitative estimate of drug-likeness (QED) is 0.561. The van der Waals surface area contributed by atoms with Crippen LogP contribution in [-0.2, 0) is 14.3 Å². The van der Waals surface area contributed by atoms with Gasteiger partial charge < -0.3 is 20.5 Å². The number of alkyl carbamates (subject to hydrolysis) is 1. The maximum absolute atomic E-state index is 13.1. The SMILES string of the molecule is CC(C)(C)C(CC(=O)O)NC(=O)C1(NC(=O)OCC2c3ccccc3-c3ccccc32)CCC1. The van der Waals surface area contributed by atoms with Crippen LogP contribution >= 0.6 is 0 Å². The van der Waals surface area contributed by atoms with E-state index in [-0.39, 0.29) is 24.9 Å². The molecule has 7 nitrogen and oxygen atoms in total. The van der Waals surface area contributed by atoms with Gasteiger partial charge in [-0.1, -0.05) is 69.3 Å². The Kier molecular flexibility index (Phi) is 6.39. The Bertz CT molecular complexity index is 1050. The smallest absolute Gasteiger partial charge is 0.408 e. The Morgan fingerprint density at radius 1 is 1.03 bits per heavy atom. The van der Waals surface area contributed by atoms with Crippen molar-refractivity contribution in [3.05, 3.63) is 59.7 Å². The van der Waals surface area contributed by atoms with Crippen molar-refractivity contribution in [2.45, 2.75) is 64.0 Å². The van der Waals surface area contributed by atoms with Crippen LogP contribution in [0.3, 0.4) is 0 Å². The van der Waals surface area contributed by atoms with Gasteiger partial charge in [0.15, 0.2) is 0 Å². The molecule has 0 saturated heterocycles. The van der Waals surface area contributed by atoms with E-state index in [1.165, 1.54) is 0 Å². The van der Waals surface area contributed by atoms with Gasteiger partial charge in [0.25, 0.3) is 0 Å². The molecular weight excluding hydrogens is 432 g/mol. The van der Waals surface area contributed by atoms with Crippen molar-refractivity contribution in [2.24, 2.45) is 5.41 Å². The van der Waals surface area contributed by atoms with Gasteiger partial charge in [0.2, 0.25) is 5.91 Å². The number of hydrogen-bond acceptors (Lipinski definition) is 4. The van der Waals surface area contributed by atoms with Gasteiger partial charge in [0.05, 0.1) is 6.42 Å². The molecule has 2 aromatic carbocycles. The van der Waals surface area contributed by atoms with E-state index in [9.17, 15) is 19.5 Å². The van der Waals surface area contributed by atoms with E-state index in [4.69, 9.17) is 4.74 Å². The third-order valence-electron chi connectivity index (χ3n) is 7.06. The van der Waals surface area contributed by atoms with Gasteiger partial charge >= 0.3 is 12.1 Å². The highest BCUT2D eigenvalue weighted by molar-refractivity contribution is 5.91. The summed E-state index contributed by atoms with van der Waals surface area (Å²) in [6, 6.07) is 15.7. The lowest BCUT2D eigenvalue weighted by Gasteiger charge is -2.42. The van der Waals surface area contributed by atoms with Crippen molar-refractivity contribution in [2.75, 3.05) is 6.61 Å². The van der Waals surface area contributed by atoms with Crippen molar-refractivity contribution in [3.63, 3.8) is 0 Å². The van der Waals surface area contributed by atoms with Crippen LogP contribution in [0.25, 0.3) is 11.1 Å². The summed E-state index contributed by atoms with van der Waals surface area (Å²) in [5, 5.41) is 14.9. The number of carboxylic acids is 1. The van der Waals surface area contributed by atoms with Gasteiger partial charge in [-0.3, -0.25) is 9.59 Å². The minimum atomic E-state index is -1.06. The average Bonchev–Trinajstić information content (AvgIpc) is 3.07. The molecule has 0 aromatic heterocycles. The second-order valence-electron chi connectivity index (χ2n) is 10.4. The molecule has 1 fully saturated rings. The van der Waals surface area contributed by atoms with Gasteiger partial charge in [-0.25, -0.2) is 4.79 Å². The van der Waals surface area contributed by atoms with Crippen molar-refractivity contribution >= 4 is 18.0 Å². The first-order valence-electron chi connectivity index (χ1n) is 11.8. The van der Waals surface area contributed by atoms with Crippen molar-refractivity contribution in [1.29, 1.82) is 0 Å². The van der Waals surface area contributed by atoms with Crippen LogP contribution in [0.2, 0.25) is 0 Å². The Morgan fingerprint density at radius 2 is 1.59 bits per heavy atom. The van der Waals surface area contributed by atoms with Crippen LogP contribution in [0.4, 0.5) is 4.79 Å². The second-order valence-corrected chi connectivity index (χ2v) is 10.4. The number of amides is 2.